The van der Waals surface area contributed by atoms with Gasteiger partial charge >= 0.3 is 52.3 Å². The molecule has 2 unspecified atom stereocenters. The van der Waals surface area contributed by atoms with Crippen LogP contribution in [0.5, 0.6) is 0 Å². The number of hydrogen-bond acceptors (Lipinski definition) is 4. The molecule has 6 rings (SSSR count). The number of benzene rings is 6. The molecule has 6 aromatic rings. The summed E-state index contributed by atoms with van der Waals surface area (Å²) in [6.07, 6.45) is 26.2. The molecular weight excluding hydrogens is 2030 g/mol. The number of alkyl halides is 13. The van der Waals surface area contributed by atoms with E-state index >= 15 is 0 Å². The SMILES string of the molecule is CCCCCCCCP(=S)(S)c1ccccc1C(F)F.CCCCCCCCPc1ccccc1C(F)F.CCCCCCCC[P@@](Cl)c1ccccc1C(F)F.CCCCCCCC[P@](c1ccccc1C(F)F)N(CC)CC.CCN(CC)P(Cl)Cl.CCN(CC)[P@](Cl)c1ccccc1C(F)F.FC(F)(F)c1[c-]cccc1.[Br-].[Br-].[CH2-]CCCCCCCC.[Mg+2].[Mg+2]. The van der Waals surface area contributed by atoms with Gasteiger partial charge in [0.05, 0.1) is 7.43 Å². The summed E-state index contributed by atoms with van der Waals surface area (Å²) in [7, 11) is -2.24. The average molecular weight is 2180 g/mol. The Balaban J connectivity index is -0.000000334. The van der Waals surface area contributed by atoms with E-state index in [0.717, 1.165) is 119 Å². The number of nitrogens with zero attached hydrogens (tertiary/aromatic N) is 3. The van der Waals surface area contributed by atoms with Gasteiger partial charge in [-0.3, -0.25) is 14.0 Å². The van der Waals surface area contributed by atoms with E-state index in [0.29, 0.717) is 24.5 Å². The molecule has 3 nitrogen and oxygen atoms in total. The van der Waals surface area contributed by atoms with Crippen LogP contribution in [0.3, 0.4) is 0 Å². The summed E-state index contributed by atoms with van der Waals surface area (Å²) in [5.41, 5.74) is -0.0461. The van der Waals surface area contributed by atoms with E-state index in [9.17, 15) is 57.1 Å². The molecule has 0 heterocycles. The second-order valence-corrected chi connectivity index (χ2v) is 48.8. The van der Waals surface area contributed by atoms with Gasteiger partial charge in [0.1, 0.15) is 0 Å². The van der Waals surface area contributed by atoms with E-state index in [1.54, 1.807) is 78.9 Å². The summed E-state index contributed by atoms with van der Waals surface area (Å²) in [4.78, 5) is 0. The zero-order valence-corrected chi connectivity index (χ0v) is 93.7. The molecule has 0 bridgehead atoms. The molecule has 0 saturated carbocycles. The molecule has 0 fully saturated rings. The van der Waals surface area contributed by atoms with Gasteiger partial charge in [0.2, 0.25) is 0 Å². The Morgan fingerprint density at radius 2 is 0.724 bits per heavy atom. The Labute approximate surface area is 851 Å². The van der Waals surface area contributed by atoms with Crippen LogP contribution in [0, 0.1) is 13.0 Å². The zero-order chi connectivity index (χ0) is 92.7. The number of rotatable bonds is 53. The maximum absolute atomic E-state index is 13.4. The molecule has 0 N–H and O–H groups in total. The van der Waals surface area contributed by atoms with Crippen LogP contribution in [0.25, 0.3) is 0 Å². The second-order valence-electron chi connectivity index (χ2n) is 29.2. The first-order valence-electron chi connectivity index (χ1n) is 44.7. The third-order valence-corrected chi connectivity index (χ3v) is 36.6. The number of halogens is 19. The number of unbranched alkanes of at least 4 members (excludes halogenated alkanes) is 26. The van der Waals surface area contributed by atoms with Crippen LogP contribution in [0.15, 0.2) is 146 Å². The van der Waals surface area contributed by atoms with Crippen LogP contribution in [0.2, 0.25) is 0 Å². The van der Waals surface area contributed by atoms with Crippen molar-refractivity contribution < 1.29 is 91.0 Å². The summed E-state index contributed by atoms with van der Waals surface area (Å²) >= 11 is 33.9. The minimum absolute atomic E-state index is 0. The average Bonchev–Trinajstić information content (AvgIpc) is 0.824. The minimum atomic E-state index is -4.26. The Morgan fingerprint density at radius 1 is 0.394 bits per heavy atom. The normalized spacial score (nSPS) is 12.2. The van der Waals surface area contributed by atoms with Crippen molar-refractivity contribution in [3.63, 3.8) is 0 Å². The first kappa shape index (κ1) is 139. The molecule has 722 valence electrons. The van der Waals surface area contributed by atoms with Gasteiger partial charge in [-0.05, 0) is 87.4 Å². The van der Waals surface area contributed by atoms with Crippen LogP contribution in [0.4, 0.5) is 57.1 Å². The summed E-state index contributed by atoms with van der Waals surface area (Å²) in [5.74, 6) is 0. The Kier molecular flexibility index (Phi) is 99.4. The second kappa shape index (κ2) is 90.9. The van der Waals surface area contributed by atoms with Crippen molar-refractivity contribution in [2.24, 2.45) is 0 Å². The third-order valence-electron chi connectivity index (χ3n) is 19.7. The van der Waals surface area contributed by atoms with E-state index in [2.05, 4.69) is 78.4 Å². The fourth-order valence-corrected chi connectivity index (χ4v) is 26.8. The maximum Gasteiger partial charge on any atom is 2.00 e. The predicted molar refractivity (Wildman–Crippen MR) is 545 cm³/mol. The van der Waals surface area contributed by atoms with Crippen molar-refractivity contribution in [1.29, 1.82) is 0 Å². The monoisotopic (exact) mass is 2170 g/mol. The molecule has 0 saturated heterocycles. The van der Waals surface area contributed by atoms with Gasteiger partial charge < -0.3 is 40.9 Å². The quantitative estimate of drug-likeness (QED) is 0.0102. The fourth-order valence-electron chi connectivity index (χ4n) is 12.6. The fraction of sp³-hybridized carbons (Fsp3) is 0.611. The summed E-state index contributed by atoms with van der Waals surface area (Å²) in [6.45, 7) is 31.6. The molecule has 0 aliphatic heterocycles. The van der Waals surface area contributed by atoms with Crippen LogP contribution >= 0.6 is 101 Å². The molecule has 32 heteroatoms. The van der Waals surface area contributed by atoms with Gasteiger partial charge in [0.25, 0.3) is 32.1 Å². The van der Waals surface area contributed by atoms with Crippen LogP contribution in [-0.2, 0) is 18.0 Å². The molecular formula is C95H148Br2Cl4F13Mg2N3P6S2. The van der Waals surface area contributed by atoms with Gasteiger partial charge in [-0.2, -0.15) is 49.9 Å². The van der Waals surface area contributed by atoms with Crippen LogP contribution < -0.4 is 60.5 Å². The Morgan fingerprint density at radius 3 is 1.10 bits per heavy atom. The Hall–Kier alpha value is 1.09. The Bertz CT molecular complexity index is 3480. The minimum Gasteiger partial charge on any atom is -1.00 e. The molecule has 0 spiro atoms. The summed E-state index contributed by atoms with van der Waals surface area (Å²) < 4.78 is 171. The molecule has 0 radical (unpaired) electrons. The first-order valence-corrected chi connectivity index (χ1v) is 59.3. The van der Waals surface area contributed by atoms with Crippen LogP contribution in [-0.4, -0.2) is 124 Å². The van der Waals surface area contributed by atoms with E-state index in [1.165, 1.54) is 197 Å². The molecule has 6 aromatic carbocycles. The smallest absolute Gasteiger partial charge is 1.00 e. The van der Waals surface area contributed by atoms with Crippen LogP contribution in [0.1, 0.15) is 341 Å². The summed E-state index contributed by atoms with van der Waals surface area (Å²) in [5, 5.41) is 1.41. The topological polar surface area (TPSA) is 9.72 Å². The third kappa shape index (κ3) is 67.2. The first-order chi connectivity index (χ1) is 58.9. The van der Waals surface area contributed by atoms with Crippen molar-refractivity contribution >= 4 is 185 Å². The van der Waals surface area contributed by atoms with E-state index < -0.39 is 78.7 Å². The van der Waals surface area contributed by atoms with Crippen molar-refractivity contribution in [2.75, 3.05) is 63.9 Å². The molecule has 127 heavy (non-hydrogen) atoms. The van der Waals surface area contributed by atoms with Gasteiger partial charge in [-0.25, -0.2) is 43.9 Å². The van der Waals surface area contributed by atoms with Gasteiger partial charge in [0.15, 0.2) is 6.78 Å². The molecule has 5 atom stereocenters. The zero-order valence-electron chi connectivity index (χ0n) is 77.5. The van der Waals surface area contributed by atoms with Crippen molar-refractivity contribution in [2.45, 2.75) is 314 Å². The molecule has 0 aromatic heterocycles. The molecule has 0 aliphatic rings. The van der Waals surface area contributed by atoms with Crippen molar-refractivity contribution in [1.82, 2.24) is 14.0 Å². The van der Waals surface area contributed by atoms with Gasteiger partial charge in [-0.15, -0.1) is 12.2 Å². The standard InChI is InChI=1S/C19H32F2NP.C15H22ClF2P.C15H23F2PS2.C15H23F2P.C11H15ClF2NP.C9H19.C7H4F3.C4H10Cl2NP.2BrH.2Mg/c1-4-7-8-9-10-13-16-23(22(5-2)6-3)18-15-12-11-14-17(18)19(20)21;1-2-3-4-5-6-9-12-19(16)14-11-8-7-10-13(14)15(17)18;1-2-3-4-5-6-9-12-18(19,20)14-11-8-7-10-13(14)15(16)17;1-2-3-4-5-6-9-12-18-14-11-8-7-10-13(14)15(16)17;1-3-15(4-2)16(12)10-8-6-5-7-9(10)11(13)14;1-3-5-7-9-8-6-4-2;8-7(9,10)6-4-2-1-3-5-6;1-3-7(4-2)8(5)6;;;;/h11-12,14-15,19H,4-10,13,16H2,1-3H3;7-8,10-11,15H,2-6,9,12H2,1H3;7-8,10-11,15H,2-6,9,12H2,1H3,(H,19,20);7-8,10-11,15,18H,2-6,9,12H2,1H3;5-8,11H,3-4H2,1-2H3;1,3-9H2,2H3;1-4H;3-4H2,1-2H3;2*1H;;/q;;;;;2*-1;;;;2*+2/p-2/t23-;19-;;;16-;;;;;;;/m11..0......./s1. The number of thiol groups is 1. The summed E-state index contributed by atoms with van der Waals surface area (Å²) in [6, 6.07) is 41.0. The van der Waals surface area contributed by atoms with Gasteiger partial charge in [0, 0.05) is 77.1 Å². The maximum atomic E-state index is 13.4. The molecule has 0 amide bonds. The largest absolute Gasteiger partial charge is 2.00 e. The van der Waals surface area contributed by atoms with E-state index in [1.807, 2.05) is 61.3 Å². The van der Waals surface area contributed by atoms with Crippen molar-refractivity contribution in [3.8, 4) is 0 Å². The van der Waals surface area contributed by atoms with Gasteiger partial charge in [-0.1, -0.05) is 435 Å². The predicted octanol–water partition coefficient (Wildman–Crippen LogP) is 30.3. The van der Waals surface area contributed by atoms with Crippen molar-refractivity contribution in [3.05, 3.63) is 192 Å². The molecule has 0 aliphatic carbocycles. The van der Waals surface area contributed by atoms with E-state index in [4.69, 9.17) is 56.8 Å². The number of hydrogen-bond donors (Lipinski definition) is 1. The van der Waals surface area contributed by atoms with E-state index in [-0.39, 0.29) is 108 Å².